The zero-order valence-electron chi connectivity index (χ0n) is 9.44. The Labute approximate surface area is 98.4 Å². The van der Waals surface area contributed by atoms with Crippen molar-refractivity contribution in [2.45, 2.75) is 13.3 Å². The van der Waals surface area contributed by atoms with Gasteiger partial charge in [-0.05, 0) is 30.7 Å². The molecule has 2 rings (SSSR count). The van der Waals surface area contributed by atoms with Crippen molar-refractivity contribution in [2.75, 3.05) is 11.4 Å². The van der Waals surface area contributed by atoms with Crippen LogP contribution in [-0.2, 0) is 4.79 Å². The highest BCUT2D eigenvalue weighted by molar-refractivity contribution is 6.15. The molecule has 1 saturated heterocycles. The number of rotatable bonds is 1. The number of carbonyl (C=O) groups is 2. The lowest BCUT2D eigenvalue weighted by atomic mass is 10.1. The fourth-order valence-corrected chi connectivity index (χ4v) is 1.75. The predicted octanol–water partition coefficient (Wildman–Crippen LogP) is 1.91. The maximum atomic E-state index is 12.8. The van der Waals surface area contributed by atoms with Gasteiger partial charge in [0.05, 0.1) is 5.69 Å². The number of halogens is 1. The Morgan fingerprint density at radius 1 is 1.29 bits per heavy atom. The van der Waals surface area contributed by atoms with Crippen LogP contribution in [0, 0.1) is 11.7 Å². The van der Waals surface area contributed by atoms with Gasteiger partial charge in [0, 0.05) is 12.5 Å². The Balaban J connectivity index is 2.36. The summed E-state index contributed by atoms with van der Waals surface area (Å²) < 4.78 is 12.8. The van der Waals surface area contributed by atoms with Crippen LogP contribution < -0.4 is 10.2 Å². The summed E-state index contributed by atoms with van der Waals surface area (Å²) in [5.74, 6) is -0.880. The quantitative estimate of drug-likeness (QED) is 0.809. The first-order valence-electron chi connectivity index (χ1n) is 5.47. The van der Waals surface area contributed by atoms with E-state index in [0.29, 0.717) is 18.7 Å². The number of urea groups is 1. The van der Waals surface area contributed by atoms with Crippen molar-refractivity contribution in [3.05, 3.63) is 30.1 Å². The summed E-state index contributed by atoms with van der Waals surface area (Å²) in [7, 11) is 0. The van der Waals surface area contributed by atoms with E-state index in [0.717, 1.165) is 4.90 Å². The Kier molecular flexibility index (Phi) is 3.08. The lowest BCUT2D eigenvalue weighted by molar-refractivity contribution is -0.121. The van der Waals surface area contributed by atoms with Crippen molar-refractivity contribution in [3.8, 4) is 0 Å². The third kappa shape index (κ3) is 2.27. The van der Waals surface area contributed by atoms with Crippen LogP contribution in [0.4, 0.5) is 14.9 Å². The molecule has 0 radical (unpaired) electrons. The number of amides is 3. The largest absolute Gasteiger partial charge is 0.337 e. The van der Waals surface area contributed by atoms with Gasteiger partial charge in [0.25, 0.3) is 0 Å². The van der Waals surface area contributed by atoms with E-state index in [1.54, 1.807) is 6.92 Å². The van der Waals surface area contributed by atoms with Gasteiger partial charge in [-0.2, -0.15) is 0 Å². The van der Waals surface area contributed by atoms with Crippen molar-refractivity contribution in [2.24, 2.45) is 5.92 Å². The third-order valence-electron chi connectivity index (χ3n) is 2.78. The minimum atomic E-state index is -0.453. The van der Waals surface area contributed by atoms with E-state index in [9.17, 15) is 14.0 Å². The summed E-state index contributed by atoms with van der Waals surface area (Å²) in [4.78, 5) is 24.8. The van der Waals surface area contributed by atoms with Crippen molar-refractivity contribution in [1.82, 2.24) is 5.32 Å². The molecule has 0 aliphatic carbocycles. The van der Waals surface area contributed by atoms with Gasteiger partial charge in [0.1, 0.15) is 5.82 Å². The molecule has 0 aromatic heterocycles. The van der Waals surface area contributed by atoms with Gasteiger partial charge < -0.3 is 5.32 Å². The molecule has 4 nitrogen and oxygen atoms in total. The number of hydrogen-bond acceptors (Lipinski definition) is 2. The monoisotopic (exact) mass is 236 g/mol. The van der Waals surface area contributed by atoms with Crippen LogP contribution >= 0.6 is 0 Å². The Morgan fingerprint density at radius 3 is 2.59 bits per heavy atom. The standard InChI is InChI=1S/C12H13FN2O2/c1-8-6-7-14-12(17)15(11(8)16)10-4-2-9(13)3-5-10/h2-5,8H,6-7H2,1H3,(H,14,17). The summed E-state index contributed by atoms with van der Waals surface area (Å²) in [5, 5.41) is 2.64. The average molecular weight is 236 g/mol. The molecule has 1 aliphatic heterocycles. The van der Waals surface area contributed by atoms with Crippen LogP contribution in [0.5, 0.6) is 0 Å². The fraction of sp³-hybridized carbons (Fsp3) is 0.333. The van der Waals surface area contributed by atoms with Crippen LogP contribution in [0.1, 0.15) is 13.3 Å². The van der Waals surface area contributed by atoms with Crippen molar-refractivity contribution >= 4 is 17.6 Å². The van der Waals surface area contributed by atoms with E-state index < -0.39 is 11.8 Å². The molecule has 3 amide bonds. The fourth-order valence-electron chi connectivity index (χ4n) is 1.75. The average Bonchev–Trinajstić information content (AvgIpc) is 2.42. The topological polar surface area (TPSA) is 49.4 Å². The predicted molar refractivity (Wildman–Crippen MR) is 61.1 cm³/mol. The summed E-state index contributed by atoms with van der Waals surface area (Å²) in [5.41, 5.74) is 0.391. The normalized spacial score (nSPS) is 21.1. The lowest BCUT2D eigenvalue weighted by Crippen LogP contribution is -2.42. The van der Waals surface area contributed by atoms with Crippen LogP contribution in [0.25, 0.3) is 0 Å². The molecule has 5 heteroatoms. The van der Waals surface area contributed by atoms with Gasteiger partial charge >= 0.3 is 6.03 Å². The molecule has 1 atom stereocenters. The molecule has 1 aliphatic rings. The Bertz CT molecular complexity index is 444. The summed E-state index contributed by atoms with van der Waals surface area (Å²) >= 11 is 0. The van der Waals surface area contributed by atoms with Crippen molar-refractivity contribution < 1.29 is 14.0 Å². The highest BCUT2D eigenvalue weighted by Gasteiger charge is 2.30. The van der Waals surface area contributed by atoms with Gasteiger partial charge in [-0.25, -0.2) is 14.1 Å². The molecule has 90 valence electrons. The zero-order chi connectivity index (χ0) is 12.4. The van der Waals surface area contributed by atoms with E-state index in [1.807, 2.05) is 0 Å². The molecular weight excluding hydrogens is 223 g/mol. The van der Waals surface area contributed by atoms with E-state index in [4.69, 9.17) is 0 Å². The van der Waals surface area contributed by atoms with Crippen LogP contribution in [0.15, 0.2) is 24.3 Å². The SMILES string of the molecule is CC1CCNC(=O)N(c2ccc(F)cc2)C1=O. The smallest absolute Gasteiger partial charge is 0.328 e. The van der Waals surface area contributed by atoms with E-state index in [-0.39, 0.29) is 11.8 Å². The highest BCUT2D eigenvalue weighted by atomic mass is 19.1. The molecule has 1 fully saturated rings. The third-order valence-corrected chi connectivity index (χ3v) is 2.78. The van der Waals surface area contributed by atoms with Gasteiger partial charge in [0.15, 0.2) is 0 Å². The molecule has 1 N–H and O–H groups in total. The number of hydrogen-bond donors (Lipinski definition) is 1. The first-order valence-corrected chi connectivity index (χ1v) is 5.47. The van der Waals surface area contributed by atoms with Crippen LogP contribution in [-0.4, -0.2) is 18.5 Å². The molecule has 1 aromatic rings. The van der Waals surface area contributed by atoms with E-state index in [2.05, 4.69) is 5.32 Å². The number of anilines is 1. The van der Waals surface area contributed by atoms with Crippen molar-refractivity contribution in [3.63, 3.8) is 0 Å². The van der Waals surface area contributed by atoms with E-state index in [1.165, 1.54) is 24.3 Å². The molecule has 1 unspecified atom stereocenters. The second kappa shape index (κ2) is 4.53. The number of benzene rings is 1. The molecule has 0 bridgehead atoms. The molecule has 0 spiro atoms. The molecule has 17 heavy (non-hydrogen) atoms. The first kappa shape index (κ1) is 11.6. The van der Waals surface area contributed by atoms with Gasteiger partial charge in [-0.3, -0.25) is 4.79 Å². The molecule has 1 heterocycles. The molecular formula is C12H13FN2O2. The van der Waals surface area contributed by atoms with Gasteiger partial charge in [-0.15, -0.1) is 0 Å². The summed E-state index contributed by atoms with van der Waals surface area (Å²) in [6.07, 6.45) is 0.613. The summed E-state index contributed by atoms with van der Waals surface area (Å²) in [6, 6.07) is 4.85. The Hall–Kier alpha value is -1.91. The lowest BCUT2D eigenvalue weighted by Gasteiger charge is -2.20. The number of imide groups is 1. The first-order chi connectivity index (χ1) is 8.09. The molecule has 1 aromatic carbocycles. The number of nitrogens with zero attached hydrogens (tertiary/aromatic N) is 1. The maximum absolute atomic E-state index is 12.8. The van der Waals surface area contributed by atoms with Crippen LogP contribution in [0.3, 0.4) is 0 Å². The minimum absolute atomic E-state index is 0.223. The van der Waals surface area contributed by atoms with Crippen molar-refractivity contribution in [1.29, 1.82) is 0 Å². The second-order valence-corrected chi connectivity index (χ2v) is 4.07. The second-order valence-electron chi connectivity index (χ2n) is 4.07. The summed E-state index contributed by atoms with van der Waals surface area (Å²) in [6.45, 7) is 2.25. The highest BCUT2D eigenvalue weighted by Crippen LogP contribution is 2.20. The minimum Gasteiger partial charge on any atom is -0.337 e. The van der Waals surface area contributed by atoms with Gasteiger partial charge in [-0.1, -0.05) is 6.92 Å². The van der Waals surface area contributed by atoms with Gasteiger partial charge in [0.2, 0.25) is 5.91 Å². The Morgan fingerprint density at radius 2 is 1.94 bits per heavy atom. The maximum Gasteiger partial charge on any atom is 0.328 e. The van der Waals surface area contributed by atoms with Crippen LogP contribution in [0.2, 0.25) is 0 Å². The molecule has 0 saturated carbocycles. The number of carbonyl (C=O) groups excluding carboxylic acids is 2. The zero-order valence-corrected chi connectivity index (χ0v) is 9.44. The number of nitrogens with one attached hydrogen (secondary N) is 1. The van der Waals surface area contributed by atoms with E-state index >= 15 is 0 Å².